The predicted molar refractivity (Wildman–Crippen MR) is 90.3 cm³/mol. The topological polar surface area (TPSA) is 48.4 Å². The predicted octanol–water partition coefficient (Wildman–Crippen LogP) is 4.21. The van der Waals surface area contributed by atoms with E-state index in [2.05, 4.69) is 4.98 Å². The Kier molecular flexibility index (Phi) is 4.68. The third kappa shape index (κ3) is 3.57. The summed E-state index contributed by atoms with van der Waals surface area (Å²) >= 11 is 1.54. The lowest BCUT2D eigenvalue weighted by molar-refractivity contribution is 0.111. The molecule has 4 nitrogen and oxygen atoms in total. The number of hydrogen-bond acceptors (Lipinski definition) is 5. The van der Waals surface area contributed by atoms with Crippen molar-refractivity contribution in [2.45, 2.75) is 6.61 Å². The van der Waals surface area contributed by atoms with Gasteiger partial charge in [-0.3, -0.25) is 4.79 Å². The lowest BCUT2D eigenvalue weighted by atomic mass is 10.2. The van der Waals surface area contributed by atoms with Gasteiger partial charge in [-0.15, -0.1) is 11.3 Å². The Morgan fingerprint density at radius 3 is 2.74 bits per heavy atom. The van der Waals surface area contributed by atoms with E-state index in [-0.39, 0.29) is 0 Å². The van der Waals surface area contributed by atoms with Crippen molar-refractivity contribution in [2.24, 2.45) is 0 Å². The van der Waals surface area contributed by atoms with Crippen LogP contribution >= 0.6 is 11.3 Å². The van der Waals surface area contributed by atoms with Crippen molar-refractivity contribution >= 4 is 17.6 Å². The third-order valence-corrected chi connectivity index (χ3v) is 4.14. The van der Waals surface area contributed by atoms with E-state index in [4.69, 9.17) is 9.47 Å². The standard InChI is InChI=1S/C18H15NO3S/c1-21-15-7-8-17(14(9-15)10-20)22-11-18-19-16(12-23-18)13-5-3-2-4-6-13/h2-10,12H,11H2,1H3. The number of methoxy groups -OCH3 is 1. The van der Waals surface area contributed by atoms with Gasteiger partial charge in [-0.2, -0.15) is 0 Å². The molecule has 0 amide bonds. The van der Waals surface area contributed by atoms with Crippen LogP contribution in [0, 0.1) is 0 Å². The first-order valence-corrected chi connectivity index (χ1v) is 7.94. The highest BCUT2D eigenvalue weighted by molar-refractivity contribution is 7.09. The molecule has 2 aromatic carbocycles. The lowest BCUT2D eigenvalue weighted by Crippen LogP contribution is -1.98. The van der Waals surface area contributed by atoms with Crippen molar-refractivity contribution in [1.29, 1.82) is 0 Å². The number of ether oxygens (including phenoxy) is 2. The number of aromatic nitrogens is 1. The summed E-state index contributed by atoms with van der Waals surface area (Å²) in [6.07, 6.45) is 0.759. The number of carbonyl (C=O) groups is 1. The smallest absolute Gasteiger partial charge is 0.153 e. The van der Waals surface area contributed by atoms with E-state index < -0.39 is 0 Å². The second kappa shape index (κ2) is 7.07. The first kappa shape index (κ1) is 15.2. The summed E-state index contributed by atoms with van der Waals surface area (Å²) in [7, 11) is 1.56. The van der Waals surface area contributed by atoms with E-state index in [1.165, 1.54) is 11.3 Å². The van der Waals surface area contributed by atoms with Crippen molar-refractivity contribution in [3.05, 3.63) is 64.5 Å². The Labute approximate surface area is 138 Å². The Bertz CT molecular complexity index is 799. The van der Waals surface area contributed by atoms with Crippen LogP contribution in [-0.2, 0) is 6.61 Å². The molecule has 116 valence electrons. The summed E-state index contributed by atoms with van der Waals surface area (Å²) in [5.74, 6) is 1.15. The van der Waals surface area contributed by atoms with Crippen LogP contribution < -0.4 is 9.47 Å². The van der Waals surface area contributed by atoms with Gasteiger partial charge in [0.15, 0.2) is 6.29 Å². The van der Waals surface area contributed by atoms with Crippen molar-refractivity contribution in [3.8, 4) is 22.8 Å². The molecule has 1 heterocycles. The molecule has 1 aromatic heterocycles. The highest BCUT2D eigenvalue weighted by atomic mass is 32.1. The summed E-state index contributed by atoms with van der Waals surface area (Å²) in [6.45, 7) is 0.324. The Morgan fingerprint density at radius 2 is 2.00 bits per heavy atom. The van der Waals surface area contributed by atoms with E-state index in [1.807, 2.05) is 35.7 Å². The molecule has 0 saturated heterocycles. The largest absolute Gasteiger partial charge is 0.497 e. The number of rotatable bonds is 6. The van der Waals surface area contributed by atoms with Gasteiger partial charge in [0.05, 0.1) is 18.4 Å². The maximum absolute atomic E-state index is 11.1. The number of aldehydes is 1. The molecule has 3 rings (SSSR count). The summed E-state index contributed by atoms with van der Waals surface area (Å²) in [5.41, 5.74) is 2.47. The zero-order valence-electron chi connectivity index (χ0n) is 12.6. The zero-order valence-corrected chi connectivity index (χ0v) is 13.4. The van der Waals surface area contributed by atoms with Gasteiger partial charge in [0.1, 0.15) is 23.1 Å². The number of hydrogen-bond donors (Lipinski definition) is 0. The molecule has 0 bridgehead atoms. The van der Waals surface area contributed by atoms with Crippen LogP contribution in [0.15, 0.2) is 53.9 Å². The molecular weight excluding hydrogens is 310 g/mol. The van der Waals surface area contributed by atoms with Crippen molar-refractivity contribution in [1.82, 2.24) is 4.98 Å². The molecule has 5 heteroatoms. The minimum atomic E-state index is 0.324. The van der Waals surface area contributed by atoms with Crippen molar-refractivity contribution < 1.29 is 14.3 Å². The van der Waals surface area contributed by atoms with E-state index in [0.717, 1.165) is 22.6 Å². The highest BCUT2D eigenvalue weighted by Crippen LogP contribution is 2.25. The molecule has 0 spiro atoms. The minimum Gasteiger partial charge on any atom is -0.497 e. The van der Waals surface area contributed by atoms with Crippen LogP contribution in [0.3, 0.4) is 0 Å². The van der Waals surface area contributed by atoms with Gasteiger partial charge in [-0.1, -0.05) is 30.3 Å². The summed E-state index contributed by atoms with van der Waals surface area (Å²) in [6, 6.07) is 15.1. The molecule has 0 aliphatic heterocycles. The first-order valence-electron chi connectivity index (χ1n) is 7.06. The van der Waals surface area contributed by atoms with E-state index in [0.29, 0.717) is 23.7 Å². The van der Waals surface area contributed by atoms with Crippen molar-refractivity contribution in [3.63, 3.8) is 0 Å². The van der Waals surface area contributed by atoms with Crippen LogP contribution in [0.25, 0.3) is 11.3 Å². The lowest BCUT2D eigenvalue weighted by Gasteiger charge is -2.08. The minimum absolute atomic E-state index is 0.324. The number of benzene rings is 2. The monoisotopic (exact) mass is 325 g/mol. The molecule has 0 atom stereocenters. The summed E-state index contributed by atoms with van der Waals surface area (Å²) in [5, 5.41) is 2.86. The molecule has 0 unspecified atom stereocenters. The van der Waals surface area contributed by atoms with Gasteiger partial charge >= 0.3 is 0 Å². The third-order valence-electron chi connectivity index (χ3n) is 3.32. The molecule has 0 fully saturated rings. The normalized spacial score (nSPS) is 10.3. The van der Waals surface area contributed by atoms with Crippen LogP contribution in [-0.4, -0.2) is 18.4 Å². The van der Waals surface area contributed by atoms with Gasteiger partial charge in [0, 0.05) is 10.9 Å². The van der Waals surface area contributed by atoms with Crippen LogP contribution in [0.4, 0.5) is 0 Å². The van der Waals surface area contributed by atoms with Crippen molar-refractivity contribution in [2.75, 3.05) is 7.11 Å². The fourth-order valence-electron chi connectivity index (χ4n) is 2.14. The molecule has 0 aliphatic rings. The summed E-state index contributed by atoms with van der Waals surface area (Å²) < 4.78 is 10.8. The second-order valence-corrected chi connectivity index (χ2v) is 5.75. The molecule has 0 radical (unpaired) electrons. The molecular formula is C18H15NO3S. The van der Waals surface area contributed by atoms with Crippen LogP contribution in [0.1, 0.15) is 15.4 Å². The number of carbonyl (C=O) groups excluding carboxylic acids is 1. The maximum Gasteiger partial charge on any atom is 0.153 e. The van der Waals surface area contributed by atoms with Gasteiger partial charge in [-0.05, 0) is 18.2 Å². The van der Waals surface area contributed by atoms with E-state index >= 15 is 0 Å². The number of nitrogens with zero attached hydrogens (tertiary/aromatic N) is 1. The fourth-order valence-corrected chi connectivity index (χ4v) is 2.85. The summed E-state index contributed by atoms with van der Waals surface area (Å²) in [4.78, 5) is 15.7. The SMILES string of the molecule is COc1ccc(OCc2nc(-c3ccccc3)cs2)c(C=O)c1. The average Bonchev–Trinajstić information content (AvgIpc) is 3.09. The fraction of sp³-hybridized carbons (Fsp3) is 0.111. The van der Waals surface area contributed by atoms with Crippen LogP contribution in [0.5, 0.6) is 11.5 Å². The zero-order chi connectivity index (χ0) is 16.1. The molecule has 23 heavy (non-hydrogen) atoms. The van der Waals surface area contributed by atoms with Gasteiger partial charge < -0.3 is 9.47 Å². The molecule has 0 saturated carbocycles. The quantitative estimate of drug-likeness (QED) is 0.637. The Morgan fingerprint density at radius 1 is 1.17 bits per heavy atom. The van der Waals surface area contributed by atoms with Gasteiger partial charge in [0.25, 0.3) is 0 Å². The highest BCUT2D eigenvalue weighted by Gasteiger charge is 2.08. The molecule has 0 aliphatic carbocycles. The Hall–Kier alpha value is -2.66. The number of thiazole rings is 1. The first-order chi connectivity index (χ1) is 11.3. The second-order valence-electron chi connectivity index (χ2n) is 4.80. The van der Waals surface area contributed by atoms with Gasteiger partial charge in [0.2, 0.25) is 0 Å². The molecule has 3 aromatic rings. The Balaban J connectivity index is 1.72. The van der Waals surface area contributed by atoms with E-state index in [1.54, 1.807) is 25.3 Å². The van der Waals surface area contributed by atoms with Crippen LogP contribution in [0.2, 0.25) is 0 Å². The maximum atomic E-state index is 11.1. The average molecular weight is 325 g/mol. The van der Waals surface area contributed by atoms with E-state index in [9.17, 15) is 4.79 Å². The molecule has 0 N–H and O–H groups in total. The van der Waals surface area contributed by atoms with Gasteiger partial charge in [-0.25, -0.2) is 4.98 Å².